The lowest BCUT2D eigenvalue weighted by Crippen LogP contribution is -2.46. The van der Waals surface area contributed by atoms with Gasteiger partial charge in [-0.1, -0.05) is 24.6 Å². The molecule has 2 fully saturated rings. The number of aromatic amines is 2. The van der Waals surface area contributed by atoms with Gasteiger partial charge in [0, 0.05) is 35.8 Å². The number of nitrogens with one attached hydrogen (secondary N) is 2. The average Bonchev–Trinajstić information content (AvgIpc) is 3.52. The highest BCUT2D eigenvalue weighted by Crippen LogP contribution is 2.31. The van der Waals surface area contributed by atoms with Crippen molar-refractivity contribution >= 4 is 27.6 Å². The number of piperidine rings is 2. The van der Waals surface area contributed by atoms with Crippen molar-refractivity contribution in [3.05, 3.63) is 42.0 Å². The third-order valence-corrected chi connectivity index (χ3v) is 7.68. The van der Waals surface area contributed by atoms with E-state index in [0.29, 0.717) is 6.61 Å². The van der Waals surface area contributed by atoms with Crippen molar-refractivity contribution in [2.45, 2.75) is 64.7 Å². The van der Waals surface area contributed by atoms with Crippen LogP contribution in [0.25, 0.3) is 33.5 Å². The summed E-state index contributed by atoms with van der Waals surface area (Å²) in [6.45, 7) is 9.49. The Balaban J connectivity index is 1.21. The van der Waals surface area contributed by atoms with Crippen LogP contribution in [0.2, 0.25) is 0 Å². The Bertz CT molecular complexity index is 1290. The maximum Gasteiger partial charge on any atom is 0.157 e. The molecule has 0 radical (unpaired) electrons. The molecule has 0 bridgehead atoms. The van der Waals surface area contributed by atoms with Crippen LogP contribution >= 0.6 is 0 Å². The molecule has 35 heavy (non-hydrogen) atoms. The van der Waals surface area contributed by atoms with Gasteiger partial charge in [0.2, 0.25) is 0 Å². The summed E-state index contributed by atoms with van der Waals surface area (Å²) in [5.41, 5.74) is 6.29. The lowest BCUT2D eigenvalue weighted by atomic mass is 9.99. The molecule has 0 spiro atoms. The number of hydrogen-bond donors (Lipinski definition) is 2. The van der Waals surface area contributed by atoms with Crippen molar-refractivity contribution < 1.29 is 4.74 Å². The zero-order valence-electron chi connectivity index (χ0n) is 20.9. The summed E-state index contributed by atoms with van der Waals surface area (Å²) < 4.78 is 5.83. The SMILES string of the molecule is CC(C)OCc1cccc2c(-c3nc4ccc(N5CCC(N6CCCCC6)CC5)cc4[nH]3)[nH]nc12. The molecule has 0 amide bonds. The molecule has 7 heteroatoms. The number of H-pyrrole nitrogens is 2. The fourth-order valence-electron chi connectivity index (χ4n) is 5.74. The molecule has 2 saturated heterocycles. The number of benzene rings is 2. The van der Waals surface area contributed by atoms with Gasteiger partial charge in [0.25, 0.3) is 0 Å². The topological polar surface area (TPSA) is 73.1 Å². The van der Waals surface area contributed by atoms with Gasteiger partial charge in [-0.05, 0) is 70.8 Å². The van der Waals surface area contributed by atoms with Crippen LogP contribution in [0.15, 0.2) is 36.4 Å². The predicted molar refractivity (Wildman–Crippen MR) is 142 cm³/mol. The first-order valence-corrected chi connectivity index (χ1v) is 13.2. The molecule has 6 rings (SSSR count). The smallest absolute Gasteiger partial charge is 0.157 e. The Morgan fingerprint density at radius 1 is 1.03 bits per heavy atom. The highest BCUT2D eigenvalue weighted by Gasteiger charge is 2.26. The summed E-state index contributed by atoms with van der Waals surface area (Å²) in [4.78, 5) is 13.7. The van der Waals surface area contributed by atoms with E-state index in [4.69, 9.17) is 9.72 Å². The predicted octanol–water partition coefficient (Wildman–Crippen LogP) is 5.49. The zero-order valence-corrected chi connectivity index (χ0v) is 20.9. The number of aromatic nitrogens is 4. The Hall–Kier alpha value is -2.90. The lowest BCUT2D eigenvalue weighted by Gasteiger charge is -2.41. The number of nitrogens with zero attached hydrogens (tertiary/aromatic N) is 4. The Morgan fingerprint density at radius 2 is 1.86 bits per heavy atom. The van der Waals surface area contributed by atoms with Gasteiger partial charge >= 0.3 is 0 Å². The van der Waals surface area contributed by atoms with Crippen molar-refractivity contribution in [1.82, 2.24) is 25.1 Å². The zero-order chi connectivity index (χ0) is 23.8. The summed E-state index contributed by atoms with van der Waals surface area (Å²) in [5, 5.41) is 8.88. The van der Waals surface area contributed by atoms with Crippen LogP contribution in [0.3, 0.4) is 0 Å². The number of fused-ring (bicyclic) bond motifs is 2. The van der Waals surface area contributed by atoms with Gasteiger partial charge in [-0.2, -0.15) is 5.10 Å². The van der Waals surface area contributed by atoms with Gasteiger partial charge < -0.3 is 19.5 Å². The molecule has 4 heterocycles. The molecule has 2 aromatic carbocycles. The summed E-state index contributed by atoms with van der Waals surface area (Å²) in [5.74, 6) is 0.824. The minimum atomic E-state index is 0.184. The van der Waals surface area contributed by atoms with E-state index in [1.807, 2.05) is 0 Å². The summed E-state index contributed by atoms with van der Waals surface area (Å²) in [7, 11) is 0. The number of likely N-dealkylation sites (tertiary alicyclic amines) is 1. The van der Waals surface area contributed by atoms with Crippen LogP contribution in [0, 0.1) is 0 Å². The number of ether oxygens (including phenoxy) is 1. The minimum Gasteiger partial charge on any atom is -0.374 e. The van der Waals surface area contributed by atoms with Crippen LogP contribution in [-0.4, -0.2) is 63.4 Å². The molecule has 0 atom stereocenters. The Morgan fingerprint density at radius 3 is 2.66 bits per heavy atom. The van der Waals surface area contributed by atoms with Gasteiger partial charge in [-0.3, -0.25) is 5.10 Å². The normalized spacial score (nSPS) is 18.3. The third kappa shape index (κ3) is 4.55. The van der Waals surface area contributed by atoms with E-state index in [2.05, 4.69) is 75.2 Å². The van der Waals surface area contributed by atoms with Crippen LogP contribution < -0.4 is 4.90 Å². The minimum absolute atomic E-state index is 0.184. The molecule has 2 aliphatic rings. The average molecular weight is 473 g/mol. The second-order valence-corrected chi connectivity index (χ2v) is 10.4. The van der Waals surface area contributed by atoms with E-state index in [1.54, 1.807) is 0 Å². The molecule has 0 aliphatic carbocycles. The van der Waals surface area contributed by atoms with E-state index in [1.165, 1.54) is 50.9 Å². The Kier molecular flexibility index (Phi) is 6.20. The second kappa shape index (κ2) is 9.63. The molecule has 7 nitrogen and oxygen atoms in total. The first-order chi connectivity index (χ1) is 17.2. The summed E-state index contributed by atoms with van der Waals surface area (Å²) >= 11 is 0. The van der Waals surface area contributed by atoms with Crippen LogP contribution in [-0.2, 0) is 11.3 Å². The standard InChI is InChI=1S/C28H36N6O/c1-19(2)35-18-20-7-6-8-23-26(20)31-32-27(23)28-29-24-10-9-22(17-25(24)30-28)34-15-11-21(12-16-34)33-13-4-3-5-14-33/h6-10,17,19,21H,3-5,11-16,18H2,1-2H3,(H,29,30)(H,31,32). The highest BCUT2D eigenvalue weighted by molar-refractivity contribution is 5.95. The van der Waals surface area contributed by atoms with E-state index < -0.39 is 0 Å². The molecule has 4 aromatic rings. The summed E-state index contributed by atoms with van der Waals surface area (Å²) in [6, 6.07) is 13.6. The molecule has 2 aliphatic heterocycles. The number of anilines is 1. The number of hydrogen-bond acceptors (Lipinski definition) is 5. The molecule has 184 valence electrons. The molecule has 0 saturated carbocycles. The van der Waals surface area contributed by atoms with Crippen molar-refractivity contribution in [2.75, 3.05) is 31.1 Å². The fraction of sp³-hybridized carbons (Fsp3) is 0.500. The number of para-hydroxylation sites is 1. The molecule has 2 N–H and O–H groups in total. The van der Waals surface area contributed by atoms with Gasteiger partial charge in [-0.15, -0.1) is 0 Å². The van der Waals surface area contributed by atoms with Crippen molar-refractivity contribution in [2.24, 2.45) is 0 Å². The lowest BCUT2D eigenvalue weighted by molar-refractivity contribution is 0.0663. The highest BCUT2D eigenvalue weighted by atomic mass is 16.5. The number of imidazole rings is 1. The van der Waals surface area contributed by atoms with Crippen LogP contribution in [0.5, 0.6) is 0 Å². The first kappa shape index (κ1) is 22.6. The maximum absolute atomic E-state index is 5.83. The van der Waals surface area contributed by atoms with Crippen molar-refractivity contribution in [1.29, 1.82) is 0 Å². The van der Waals surface area contributed by atoms with E-state index >= 15 is 0 Å². The van der Waals surface area contributed by atoms with Crippen molar-refractivity contribution in [3.63, 3.8) is 0 Å². The van der Waals surface area contributed by atoms with Crippen molar-refractivity contribution in [3.8, 4) is 11.5 Å². The largest absolute Gasteiger partial charge is 0.374 e. The Labute approximate surface area is 206 Å². The molecular formula is C28H36N6O. The monoisotopic (exact) mass is 472 g/mol. The van der Waals surface area contributed by atoms with Crippen LogP contribution in [0.4, 0.5) is 5.69 Å². The van der Waals surface area contributed by atoms with E-state index in [0.717, 1.165) is 58.1 Å². The first-order valence-electron chi connectivity index (χ1n) is 13.2. The van der Waals surface area contributed by atoms with Gasteiger partial charge in [0.15, 0.2) is 5.82 Å². The molecule has 2 aromatic heterocycles. The quantitative estimate of drug-likeness (QED) is 0.388. The second-order valence-electron chi connectivity index (χ2n) is 10.4. The number of rotatable bonds is 6. The van der Waals surface area contributed by atoms with E-state index in [9.17, 15) is 0 Å². The van der Waals surface area contributed by atoms with Gasteiger partial charge in [0.05, 0.1) is 29.3 Å². The molecule has 0 unspecified atom stereocenters. The molecular weight excluding hydrogens is 436 g/mol. The summed E-state index contributed by atoms with van der Waals surface area (Å²) in [6.07, 6.45) is 6.85. The third-order valence-electron chi connectivity index (χ3n) is 7.68. The maximum atomic E-state index is 5.83. The van der Waals surface area contributed by atoms with E-state index in [-0.39, 0.29) is 6.10 Å². The van der Waals surface area contributed by atoms with Gasteiger partial charge in [0.1, 0.15) is 5.69 Å². The van der Waals surface area contributed by atoms with Gasteiger partial charge in [-0.25, -0.2) is 4.98 Å². The van der Waals surface area contributed by atoms with Crippen LogP contribution in [0.1, 0.15) is 51.5 Å². The fourth-order valence-corrected chi connectivity index (χ4v) is 5.74.